The minimum atomic E-state index is 0.515. The monoisotopic (exact) mass is 243 g/mol. The largest absolute Gasteiger partial charge is 0.460 e. The van der Waals surface area contributed by atoms with Crippen LogP contribution in [0.3, 0.4) is 0 Å². The number of hydrogen-bond acceptors (Lipinski definition) is 2. The van der Waals surface area contributed by atoms with Crippen LogP contribution in [0.25, 0.3) is 17.0 Å². The standard InChI is InChI=1S/C16H21NO/c1-4-13-14-8-6-7-9-15(14)18-16(13)11-10-12(3)17-5-2/h4,6-9,12,17H,1,5,10-11H2,2-3H3. The Kier molecular flexibility index (Phi) is 4.21. The van der Waals surface area contributed by atoms with Gasteiger partial charge < -0.3 is 9.73 Å². The molecule has 0 aliphatic carbocycles. The van der Waals surface area contributed by atoms with Crippen molar-refractivity contribution < 1.29 is 4.42 Å². The first kappa shape index (κ1) is 12.9. The first-order valence-corrected chi connectivity index (χ1v) is 6.62. The van der Waals surface area contributed by atoms with Gasteiger partial charge in [0.15, 0.2) is 0 Å². The summed E-state index contributed by atoms with van der Waals surface area (Å²) >= 11 is 0. The average Bonchev–Trinajstić information content (AvgIpc) is 2.74. The van der Waals surface area contributed by atoms with E-state index in [9.17, 15) is 0 Å². The van der Waals surface area contributed by atoms with E-state index in [-0.39, 0.29) is 0 Å². The third kappa shape index (κ3) is 2.65. The second kappa shape index (κ2) is 5.87. The molecule has 0 fully saturated rings. The molecule has 1 N–H and O–H groups in total. The number of furan rings is 1. The molecule has 1 aromatic heterocycles. The van der Waals surface area contributed by atoms with E-state index in [1.54, 1.807) is 0 Å². The fourth-order valence-electron chi connectivity index (χ4n) is 2.32. The van der Waals surface area contributed by atoms with Gasteiger partial charge in [-0.3, -0.25) is 0 Å². The van der Waals surface area contributed by atoms with Crippen molar-refractivity contribution in [3.63, 3.8) is 0 Å². The van der Waals surface area contributed by atoms with E-state index in [1.165, 1.54) is 5.39 Å². The van der Waals surface area contributed by atoms with E-state index in [2.05, 4.69) is 31.8 Å². The van der Waals surface area contributed by atoms with E-state index < -0.39 is 0 Å². The van der Waals surface area contributed by atoms with Gasteiger partial charge in [-0.05, 0) is 26.0 Å². The Hall–Kier alpha value is -1.54. The summed E-state index contributed by atoms with van der Waals surface area (Å²) in [5.41, 5.74) is 2.10. The zero-order valence-corrected chi connectivity index (χ0v) is 11.2. The number of hydrogen-bond donors (Lipinski definition) is 1. The van der Waals surface area contributed by atoms with Gasteiger partial charge in [0.05, 0.1) is 0 Å². The lowest BCUT2D eigenvalue weighted by Crippen LogP contribution is -2.25. The molecular weight excluding hydrogens is 222 g/mol. The number of benzene rings is 1. The maximum absolute atomic E-state index is 5.92. The third-order valence-corrected chi connectivity index (χ3v) is 3.27. The number of nitrogens with one attached hydrogen (secondary N) is 1. The second-order valence-electron chi connectivity index (χ2n) is 4.64. The lowest BCUT2D eigenvalue weighted by Gasteiger charge is -2.10. The van der Waals surface area contributed by atoms with Crippen LogP contribution in [0.4, 0.5) is 0 Å². The highest BCUT2D eigenvalue weighted by molar-refractivity contribution is 5.88. The summed E-state index contributed by atoms with van der Waals surface area (Å²) in [6.45, 7) is 9.25. The Morgan fingerprint density at radius 3 is 2.89 bits per heavy atom. The molecule has 18 heavy (non-hydrogen) atoms. The molecule has 0 bridgehead atoms. The summed E-state index contributed by atoms with van der Waals surface area (Å²) in [4.78, 5) is 0. The first-order valence-electron chi connectivity index (χ1n) is 6.62. The van der Waals surface area contributed by atoms with Crippen LogP contribution < -0.4 is 5.32 Å². The van der Waals surface area contributed by atoms with Crippen molar-refractivity contribution in [1.29, 1.82) is 0 Å². The summed E-state index contributed by atoms with van der Waals surface area (Å²) in [5.74, 6) is 1.05. The van der Waals surface area contributed by atoms with Crippen molar-refractivity contribution in [3.8, 4) is 0 Å². The Labute approximate surface area is 109 Å². The zero-order valence-electron chi connectivity index (χ0n) is 11.2. The van der Waals surface area contributed by atoms with E-state index in [0.717, 1.165) is 36.3 Å². The fraction of sp³-hybridized carbons (Fsp3) is 0.375. The maximum atomic E-state index is 5.92. The van der Waals surface area contributed by atoms with Gasteiger partial charge in [0.25, 0.3) is 0 Å². The van der Waals surface area contributed by atoms with Gasteiger partial charge in [-0.2, -0.15) is 0 Å². The molecule has 0 radical (unpaired) electrons. The van der Waals surface area contributed by atoms with Gasteiger partial charge in [0.1, 0.15) is 11.3 Å². The highest BCUT2D eigenvalue weighted by atomic mass is 16.3. The van der Waals surface area contributed by atoms with Gasteiger partial charge in [0, 0.05) is 23.4 Å². The number of para-hydroxylation sites is 1. The summed E-state index contributed by atoms with van der Waals surface area (Å²) < 4.78 is 5.92. The zero-order chi connectivity index (χ0) is 13.0. The third-order valence-electron chi connectivity index (χ3n) is 3.27. The molecule has 0 aliphatic rings. The molecule has 2 heteroatoms. The molecule has 0 spiro atoms. The number of rotatable bonds is 6. The molecule has 1 atom stereocenters. The van der Waals surface area contributed by atoms with Crippen molar-refractivity contribution in [2.75, 3.05) is 6.54 Å². The molecule has 0 saturated carbocycles. The van der Waals surface area contributed by atoms with Gasteiger partial charge in [0.2, 0.25) is 0 Å². The van der Waals surface area contributed by atoms with Gasteiger partial charge in [-0.1, -0.05) is 37.8 Å². The van der Waals surface area contributed by atoms with E-state index in [4.69, 9.17) is 4.42 Å². The van der Waals surface area contributed by atoms with Crippen molar-refractivity contribution in [2.45, 2.75) is 32.7 Å². The minimum absolute atomic E-state index is 0.515. The molecule has 2 rings (SSSR count). The normalized spacial score (nSPS) is 12.8. The summed E-state index contributed by atoms with van der Waals surface area (Å²) in [5, 5.41) is 4.58. The number of fused-ring (bicyclic) bond motifs is 1. The van der Waals surface area contributed by atoms with Crippen LogP contribution in [0, 0.1) is 0 Å². The van der Waals surface area contributed by atoms with Crippen LogP contribution in [0.15, 0.2) is 35.3 Å². The van der Waals surface area contributed by atoms with Gasteiger partial charge >= 0.3 is 0 Å². The van der Waals surface area contributed by atoms with Crippen LogP contribution in [-0.4, -0.2) is 12.6 Å². The molecule has 2 aromatic rings. The van der Waals surface area contributed by atoms with Crippen molar-refractivity contribution in [3.05, 3.63) is 42.2 Å². The van der Waals surface area contributed by atoms with E-state index in [1.807, 2.05) is 24.3 Å². The molecule has 0 amide bonds. The molecule has 0 aliphatic heterocycles. The molecule has 1 heterocycles. The van der Waals surface area contributed by atoms with E-state index >= 15 is 0 Å². The number of aryl methyl sites for hydroxylation is 1. The lowest BCUT2D eigenvalue weighted by molar-refractivity contribution is 0.483. The predicted molar refractivity (Wildman–Crippen MR) is 77.8 cm³/mol. The van der Waals surface area contributed by atoms with Crippen LogP contribution in [0.1, 0.15) is 31.6 Å². The van der Waals surface area contributed by atoms with Gasteiger partial charge in [-0.15, -0.1) is 0 Å². The average molecular weight is 243 g/mol. The topological polar surface area (TPSA) is 25.2 Å². The Bertz CT molecular complexity index is 527. The summed E-state index contributed by atoms with van der Waals surface area (Å²) in [6.07, 6.45) is 3.93. The van der Waals surface area contributed by atoms with E-state index in [0.29, 0.717) is 6.04 Å². The Morgan fingerprint density at radius 1 is 1.39 bits per heavy atom. The Balaban J connectivity index is 2.19. The summed E-state index contributed by atoms with van der Waals surface area (Å²) in [6, 6.07) is 8.66. The fourth-order valence-corrected chi connectivity index (χ4v) is 2.32. The second-order valence-corrected chi connectivity index (χ2v) is 4.64. The smallest absolute Gasteiger partial charge is 0.134 e. The molecule has 0 saturated heterocycles. The molecule has 1 unspecified atom stereocenters. The van der Waals surface area contributed by atoms with Crippen molar-refractivity contribution in [1.82, 2.24) is 5.32 Å². The predicted octanol–water partition coefficient (Wildman–Crippen LogP) is 4.01. The molecular formula is C16H21NO. The highest BCUT2D eigenvalue weighted by Crippen LogP contribution is 2.27. The first-order chi connectivity index (χ1) is 8.76. The van der Waals surface area contributed by atoms with Crippen LogP contribution >= 0.6 is 0 Å². The molecule has 1 aromatic carbocycles. The van der Waals surface area contributed by atoms with Crippen LogP contribution in [-0.2, 0) is 6.42 Å². The quantitative estimate of drug-likeness (QED) is 0.829. The summed E-state index contributed by atoms with van der Waals surface area (Å²) in [7, 11) is 0. The van der Waals surface area contributed by atoms with Crippen LogP contribution in [0.5, 0.6) is 0 Å². The molecule has 96 valence electrons. The van der Waals surface area contributed by atoms with Crippen molar-refractivity contribution >= 4 is 17.0 Å². The van der Waals surface area contributed by atoms with Gasteiger partial charge in [-0.25, -0.2) is 0 Å². The minimum Gasteiger partial charge on any atom is -0.460 e. The molecule has 2 nitrogen and oxygen atoms in total. The Morgan fingerprint density at radius 2 is 2.17 bits per heavy atom. The van der Waals surface area contributed by atoms with Crippen molar-refractivity contribution in [2.24, 2.45) is 0 Å². The SMILES string of the molecule is C=Cc1c(CCC(C)NCC)oc2ccccc12. The lowest BCUT2D eigenvalue weighted by atomic mass is 10.1. The van der Waals surface area contributed by atoms with Crippen LogP contribution in [0.2, 0.25) is 0 Å². The maximum Gasteiger partial charge on any atom is 0.134 e. The highest BCUT2D eigenvalue weighted by Gasteiger charge is 2.12.